The van der Waals surface area contributed by atoms with Gasteiger partial charge in [-0.05, 0) is 38.1 Å². The molecule has 0 radical (unpaired) electrons. The molecular formula is C21H26N2O5. The van der Waals surface area contributed by atoms with E-state index in [-0.39, 0.29) is 24.4 Å². The van der Waals surface area contributed by atoms with Crippen molar-refractivity contribution in [2.75, 3.05) is 27.9 Å². The Bertz CT molecular complexity index is 851. The second-order valence-corrected chi connectivity index (χ2v) is 6.29. The zero-order valence-electron chi connectivity index (χ0n) is 16.8. The molecule has 0 saturated heterocycles. The minimum atomic E-state index is -0.378. The van der Waals surface area contributed by atoms with Gasteiger partial charge in [0.25, 0.3) is 5.91 Å². The first-order chi connectivity index (χ1) is 13.4. The van der Waals surface area contributed by atoms with Crippen molar-refractivity contribution in [3.63, 3.8) is 0 Å². The molecule has 2 aromatic carbocycles. The van der Waals surface area contributed by atoms with E-state index in [1.54, 1.807) is 25.3 Å². The fraction of sp³-hybridized carbons (Fsp3) is 0.333. The molecule has 7 nitrogen and oxygen atoms in total. The zero-order valence-corrected chi connectivity index (χ0v) is 16.8. The number of nitrogens with one attached hydrogen (secondary N) is 2. The second kappa shape index (κ2) is 9.64. The largest absolute Gasteiger partial charge is 0.496 e. The summed E-state index contributed by atoms with van der Waals surface area (Å²) in [6.45, 7) is 3.69. The lowest BCUT2D eigenvalue weighted by Crippen LogP contribution is -2.38. The van der Waals surface area contributed by atoms with Crippen molar-refractivity contribution in [2.45, 2.75) is 19.9 Å². The predicted octanol–water partition coefficient (Wildman–Crippen LogP) is 2.63. The van der Waals surface area contributed by atoms with E-state index in [9.17, 15) is 9.59 Å². The molecule has 0 aromatic heterocycles. The topological polar surface area (TPSA) is 85.9 Å². The van der Waals surface area contributed by atoms with Crippen LogP contribution in [-0.4, -0.2) is 39.7 Å². The zero-order chi connectivity index (χ0) is 20.7. The van der Waals surface area contributed by atoms with Gasteiger partial charge in [0.05, 0.1) is 33.9 Å². The fourth-order valence-corrected chi connectivity index (χ4v) is 2.80. The van der Waals surface area contributed by atoms with Crippen molar-refractivity contribution in [2.24, 2.45) is 0 Å². The van der Waals surface area contributed by atoms with E-state index >= 15 is 0 Å². The Morgan fingerprint density at radius 3 is 2.21 bits per heavy atom. The Hall–Kier alpha value is -3.22. The van der Waals surface area contributed by atoms with Crippen LogP contribution in [0.4, 0.5) is 0 Å². The highest BCUT2D eigenvalue weighted by Gasteiger charge is 2.16. The number of amides is 2. The highest BCUT2D eigenvalue weighted by Crippen LogP contribution is 2.27. The molecule has 0 saturated carbocycles. The van der Waals surface area contributed by atoms with Gasteiger partial charge in [-0.15, -0.1) is 0 Å². The second-order valence-electron chi connectivity index (χ2n) is 6.29. The smallest absolute Gasteiger partial charge is 0.251 e. The fourth-order valence-electron chi connectivity index (χ4n) is 2.80. The third-order valence-electron chi connectivity index (χ3n) is 4.28. The van der Waals surface area contributed by atoms with E-state index in [0.717, 1.165) is 11.1 Å². The molecule has 1 atom stereocenters. The van der Waals surface area contributed by atoms with Crippen LogP contribution in [0.1, 0.15) is 34.5 Å². The van der Waals surface area contributed by atoms with Crippen LogP contribution in [0.5, 0.6) is 17.2 Å². The van der Waals surface area contributed by atoms with E-state index in [1.807, 2.05) is 32.0 Å². The van der Waals surface area contributed by atoms with Crippen molar-refractivity contribution in [1.82, 2.24) is 10.6 Å². The van der Waals surface area contributed by atoms with Gasteiger partial charge in [-0.3, -0.25) is 9.59 Å². The predicted molar refractivity (Wildman–Crippen MR) is 106 cm³/mol. The van der Waals surface area contributed by atoms with Crippen LogP contribution < -0.4 is 24.8 Å². The van der Waals surface area contributed by atoms with E-state index < -0.39 is 0 Å². The van der Waals surface area contributed by atoms with Crippen molar-refractivity contribution in [3.05, 3.63) is 53.1 Å². The minimum Gasteiger partial charge on any atom is -0.496 e. The van der Waals surface area contributed by atoms with Crippen molar-refractivity contribution >= 4 is 11.8 Å². The van der Waals surface area contributed by atoms with E-state index in [1.165, 1.54) is 14.2 Å². The number of carbonyl (C=O) groups excluding carboxylic acids is 2. The third kappa shape index (κ3) is 5.16. The van der Waals surface area contributed by atoms with Gasteiger partial charge >= 0.3 is 0 Å². The summed E-state index contributed by atoms with van der Waals surface area (Å²) < 4.78 is 15.7. The molecule has 0 aliphatic rings. The van der Waals surface area contributed by atoms with Crippen LogP contribution >= 0.6 is 0 Å². The Morgan fingerprint density at radius 1 is 0.929 bits per heavy atom. The highest BCUT2D eigenvalue weighted by molar-refractivity contribution is 5.97. The lowest BCUT2D eigenvalue weighted by molar-refractivity contribution is -0.120. The third-order valence-corrected chi connectivity index (χ3v) is 4.28. The van der Waals surface area contributed by atoms with Crippen molar-refractivity contribution < 1.29 is 23.8 Å². The summed E-state index contributed by atoms with van der Waals surface area (Å²) in [6.07, 6.45) is 0. The normalized spacial score (nSPS) is 11.3. The van der Waals surface area contributed by atoms with Gasteiger partial charge in [0.1, 0.15) is 5.75 Å². The van der Waals surface area contributed by atoms with Crippen LogP contribution in [-0.2, 0) is 4.79 Å². The Balaban J connectivity index is 1.97. The van der Waals surface area contributed by atoms with Gasteiger partial charge in [0.15, 0.2) is 11.5 Å². The van der Waals surface area contributed by atoms with Gasteiger partial charge in [-0.25, -0.2) is 0 Å². The maximum atomic E-state index is 12.3. The Labute approximate surface area is 165 Å². The maximum absolute atomic E-state index is 12.3. The molecule has 2 aromatic rings. The number of ether oxygens (including phenoxy) is 3. The van der Waals surface area contributed by atoms with Crippen molar-refractivity contribution in [3.8, 4) is 17.2 Å². The summed E-state index contributed by atoms with van der Waals surface area (Å²) in [4.78, 5) is 24.6. The molecule has 0 aliphatic carbocycles. The molecular weight excluding hydrogens is 360 g/mol. The number of carbonyl (C=O) groups is 2. The maximum Gasteiger partial charge on any atom is 0.251 e. The molecule has 0 spiro atoms. The lowest BCUT2D eigenvalue weighted by Gasteiger charge is -2.18. The van der Waals surface area contributed by atoms with Gasteiger partial charge < -0.3 is 24.8 Å². The number of hydrogen-bond donors (Lipinski definition) is 2. The van der Waals surface area contributed by atoms with Gasteiger partial charge in [0, 0.05) is 11.1 Å². The summed E-state index contributed by atoms with van der Waals surface area (Å²) >= 11 is 0. The molecule has 0 bridgehead atoms. The monoisotopic (exact) mass is 386 g/mol. The van der Waals surface area contributed by atoms with Crippen LogP contribution in [0.25, 0.3) is 0 Å². The summed E-state index contributed by atoms with van der Waals surface area (Å²) in [5, 5.41) is 5.47. The standard InChI is InChI=1S/C21H26N2O5/c1-13-6-8-17(26-3)16(10-13)14(2)23-20(24)12-22-21(25)15-7-9-18(27-4)19(11-15)28-5/h6-11,14H,12H2,1-5H3,(H,22,25)(H,23,24). The van der Waals surface area contributed by atoms with Crippen LogP contribution in [0, 0.1) is 6.92 Å². The first-order valence-electron chi connectivity index (χ1n) is 8.83. The molecule has 0 fully saturated rings. The molecule has 7 heteroatoms. The number of methoxy groups -OCH3 is 3. The van der Waals surface area contributed by atoms with E-state index in [2.05, 4.69) is 10.6 Å². The molecule has 150 valence electrons. The Kier molecular flexibility index (Phi) is 7.26. The quantitative estimate of drug-likeness (QED) is 0.728. The minimum absolute atomic E-state index is 0.147. The Morgan fingerprint density at radius 2 is 1.57 bits per heavy atom. The first-order valence-corrected chi connectivity index (χ1v) is 8.83. The first kappa shape index (κ1) is 21.1. The molecule has 28 heavy (non-hydrogen) atoms. The number of hydrogen-bond acceptors (Lipinski definition) is 5. The average Bonchev–Trinajstić information content (AvgIpc) is 2.71. The number of benzene rings is 2. The lowest BCUT2D eigenvalue weighted by atomic mass is 10.0. The van der Waals surface area contributed by atoms with Crippen LogP contribution in [0.3, 0.4) is 0 Å². The summed E-state index contributed by atoms with van der Waals surface area (Å²) in [6, 6.07) is 10.3. The SMILES string of the molecule is COc1ccc(C(=O)NCC(=O)NC(C)c2cc(C)ccc2OC)cc1OC. The highest BCUT2D eigenvalue weighted by atomic mass is 16.5. The van der Waals surface area contributed by atoms with Crippen LogP contribution in [0.15, 0.2) is 36.4 Å². The average molecular weight is 386 g/mol. The summed E-state index contributed by atoms with van der Waals surface area (Å²) in [5.74, 6) is 0.993. The number of rotatable bonds is 8. The molecule has 0 heterocycles. The molecule has 2 N–H and O–H groups in total. The van der Waals surface area contributed by atoms with E-state index in [4.69, 9.17) is 14.2 Å². The summed E-state index contributed by atoms with van der Waals surface area (Å²) in [7, 11) is 4.60. The van der Waals surface area contributed by atoms with Gasteiger partial charge in [-0.1, -0.05) is 17.7 Å². The van der Waals surface area contributed by atoms with Gasteiger partial charge in [-0.2, -0.15) is 0 Å². The van der Waals surface area contributed by atoms with Crippen LogP contribution in [0.2, 0.25) is 0 Å². The molecule has 2 amide bonds. The number of aryl methyl sites for hydroxylation is 1. The van der Waals surface area contributed by atoms with Gasteiger partial charge in [0.2, 0.25) is 5.91 Å². The van der Waals surface area contributed by atoms with E-state index in [0.29, 0.717) is 22.8 Å². The molecule has 2 rings (SSSR count). The molecule has 1 unspecified atom stereocenters. The van der Waals surface area contributed by atoms with Crippen molar-refractivity contribution in [1.29, 1.82) is 0 Å². The molecule has 0 aliphatic heterocycles. The summed E-state index contributed by atoms with van der Waals surface area (Å²) in [5.41, 5.74) is 2.32.